The molecule has 95 valence electrons. The molecule has 1 rings (SSSR count). The van der Waals surface area contributed by atoms with Gasteiger partial charge in [-0.3, -0.25) is 0 Å². The van der Waals surface area contributed by atoms with Gasteiger partial charge in [-0.2, -0.15) is 4.90 Å². The van der Waals surface area contributed by atoms with Crippen LogP contribution < -0.4 is 158 Å². The van der Waals surface area contributed by atoms with Gasteiger partial charge in [0.15, 0.2) is 15.2 Å². The Morgan fingerprint density at radius 1 is 0.947 bits per heavy atom. The summed E-state index contributed by atoms with van der Waals surface area (Å²) in [7, 11) is -9.66. The predicted molar refractivity (Wildman–Crippen MR) is 56.7 cm³/mol. The van der Waals surface area contributed by atoms with Crippen LogP contribution in [-0.2, 0) is 44.1 Å². The van der Waals surface area contributed by atoms with E-state index in [0.29, 0.717) is 6.07 Å². The minimum atomic E-state index is -4.83. The van der Waals surface area contributed by atoms with Crippen molar-refractivity contribution in [2.45, 2.75) is 4.90 Å². The van der Waals surface area contributed by atoms with E-state index in [4.69, 9.17) is 9.79 Å². The van der Waals surface area contributed by atoms with E-state index in [1.54, 1.807) is 0 Å². The molecule has 0 heterocycles. The fraction of sp³-hybridized carbons (Fsp3) is 0. The average molecular weight is 863 g/mol. The standard InChI is InChI=1S/C6H8O6P2S.Au.3Cs/c7-13(8,9)4-1-5(14(10,11)12)3-6(15)2-4;;;;/h1-3,15H,(H2,7,8,9)(H2,10,11,12);;;;/q;+1;;2*+1/p-3. The Labute approximate surface area is 308 Å². The second kappa shape index (κ2) is 14.7. The van der Waals surface area contributed by atoms with Crippen LogP contribution in [0.5, 0.6) is 0 Å². The third-order valence-electron chi connectivity index (χ3n) is 1.53. The summed E-state index contributed by atoms with van der Waals surface area (Å²) in [5.41, 5.74) is 0. The molecule has 6 nitrogen and oxygen atoms in total. The van der Waals surface area contributed by atoms with Crippen LogP contribution in [0.25, 0.3) is 0 Å². The summed E-state index contributed by atoms with van der Waals surface area (Å²) in [5, 5.41) is -1.29. The normalized spacial score (nSPS) is 15.2. The second-order valence-corrected chi connectivity index (χ2v) is 6.31. The molecule has 0 aliphatic heterocycles. The van der Waals surface area contributed by atoms with E-state index in [0.717, 1.165) is 12.1 Å². The molecule has 13 heteroatoms. The molecule has 0 saturated carbocycles. The van der Waals surface area contributed by atoms with Crippen LogP contribution >= 0.6 is 15.2 Å². The summed E-state index contributed by atoms with van der Waals surface area (Å²) in [6.07, 6.45) is 0. The minimum Gasteiger partial charge on any atom is -0.780 e. The molecule has 0 fully saturated rings. The molecular formula is C6H5AuCs3O6P2S. The van der Waals surface area contributed by atoms with Crippen molar-refractivity contribution in [1.29, 1.82) is 0 Å². The number of hydrogen-bond acceptors (Lipinski definition) is 5. The van der Waals surface area contributed by atoms with Gasteiger partial charge < -0.3 is 41.3 Å². The van der Waals surface area contributed by atoms with Crippen LogP contribution in [-0.4, -0.2) is 78.7 Å². The maximum absolute atomic E-state index is 10.7. The van der Waals surface area contributed by atoms with Gasteiger partial charge in [-0.05, 0) is 6.07 Å². The maximum atomic E-state index is 10.7. The first-order chi connectivity index (χ1) is 6.60. The van der Waals surface area contributed by atoms with Gasteiger partial charge in [-0.25, -0.2) is 0 Å². The fourth-order valence-corrected chi connectivity index (χ4v) is 2.63. The Kier molecular flexibility index (Phi) is 25.7. The summed E-state index contributed by atoms with van der Waals surface area (Å²) < 4.78 is 21.5. The Balaban J connectivity index is -0.000000281. The third-order valence-corrected chi connectivity index (χ3v) is 3.59. The zero-order chi connectivity index (χ0) is 11.9. The van der Waals surface area contributed by atoms with Crippen molar-refractivity contribution in [2.24, 2.45) is 0 Å². The average Bonchev–Trinajstić information content (AvgIpc) is 1.99. The zero-order valence-electron chi connectivity index (χ0n) is 10.4. The van der Waals surface area contributed by atoms with Crippen LogP contribution in [0, 0.1) is 0 Å². The number of benzene rings is 1. The van der Waals surface area contributed by atoms with E-state index in [-0.39, 0.29) is 234 Å². The molecule has 0 amide bonds. The SMILES string of the molecule is O=P([O-])(O)c1cc([S-])cc(P(=O)([O-])O)c1.[Au+].[Cs+].[Cs+].[Cs]. The van der Waals surface area contributed by atoms with E-state index in [9.17, 15) is 18.9 Å². The summed E-state index contributed by atoms with van der Waals surface area (Å²) >= 11 is 4.58. The minimum absolute atomic E-state index is 0. The Hall–Kier alpha value is 6.64. The smallest absolute Gasteiger partial charge is 0.780 e. The second-order valence-electron chi connectivity index (χ2n) is 2.73. The molecular weight excluding hydrogens is 858 g/mol. The molecule has 0 aliphatic carbocycles. The van der Waals surface area contributed by atoms with Gasteiger partial charge in [0.1, 0.15) is 0 Å². The summed E-state index contributed by atoms with van der Waals surface area (Å²) in [4.78, 5) is 38.7. The molecule has 0 spiro atoms. The predicted octanol–water partition coefficient (Wildman–Crippen LogP) is -8.44. The van der Waals surface area contributed by atoms with Gasteiger partial charge in [0, 0.05) is 79.5 Å². The quantitative estimate of drug-likeness (QED) is 0.173. The Bertz CT molecular complexity index is 452. The molecule has 19 heavy (non-hydrogen) atoms. The zero-order valence-corrected chi connectivity index (χ0v) is 34.0. The first-order valence-corrected chi connectivity index (χ1v) is 7.08. The summed E-state index contributed by atoms with van der Waals surface area (Å²) in [6, 6.07) is 2.47. The molecule has 2 atom stereocenters. The monoisotopic (exact) mass is 863 g/mol. The molecule has 0 saturated heterocycles. The van der Waals surface area contributed by atoms with Crippen molar-refractivity contribution in [1.82, 2.24) is 0 Å². The summed E-state index contributed by atoms with van der Waals surface area (Å²) in [6.45, 7) is 0. The van der Waals surface area contributed by atoms with Gasteiger partial charge in [-0.15, -0.1) is 0 Å². The van der Waals surface area contributed by atoms with Gasteiger partial charge in [0.25, 0.3) is 0 Å². The van der Waals surface area contributed by atoms with Gasteiger partial charge in [0.2, 0.25) is 0 Å². The first kappa shape index (κ1) is 33.2. The van der Waals surface area contributed by atoms with E-state index in [1.165, 1.54) is 0 Å². The van der Waals surface area contributed by atoms with Crippen molar-refractivity contribution in [3.8, 4) is 0 Å². The van der Waals surface area contributed by atoms with Crippen LogP contribution in [0.4, 0.5) is 0 Å². The first-order valence-electron chi connectivity index (χ1n) is 3.51. The largest absolute Gasteiger partial charge is 1.00 e. The molecule has 0 aromatic heterocycles. The molecule has 0 bridgehead atoms. The van der Waals surface area contributed by atoms with E-state index in [2.05, 4.69) is 12.6 Å². The fourth-order valence-electron chi connectivity index (χ4n) is 0.894. The maximum Gasteiger partial charge on any atom is 1.00 e. The van der Waals surface area contributed by atoms with Crippen molar-refractivity contribution in [3.05, 3.63) is 18.2 Å². The van der Waals surface area contributed by atoms with Crippen LogP contribution in [0.3, 0.4) is 0 Å². The van der Waals surface area contributed by atoms with Crippen LogP contribution in [0.15, 0.2) is 23.1 Å². The number of rotatable bonds is 2. The summed E-state index contributed by atoms with van der Waals surface area (Å²) in [5.74, 6) is 0. The van der Waals surface area contributed by atoms with Crippen molar-refractivity contribution < 1.29 is 189 Å². The van der Waals surface area contributed by atoms with E-state index < -0.39 is 25.8 Å². The molecule has 0 aliphatic rings. The Morgan fingerprint density at radius 3 is 1.42 bits per heavy atom. The molecule has 1 aromatic carbocycles. The van der Waals surface area contributed by atoms with Crippen LogP contribution in [0.2, 0.25) is 0 Å². The van der Waals surface area contributed by atoms with Gasteiger partial charge >= 0.3 is 160 Å². The number of hydrogen-bond donors (Lipinski definition) is 2. The molecule has 1 aromatic rings. The molecule has 2 N–H and O–H groups in total. The van der Waals surface area contributed by atoms with Crippen molar-refractivity contribution >= 4 is 107 Å². The van der Waals surface area contributed by atoms with Crippen molar-refractivity contribution in [2.75, 3.05) is 0 Å². The van der Waals surface area contributed by atoms with Gasteiger partial charge in [0.05, 0.1) is 0 Å². The molecule has 1 radical (unpaired) electrons. The topological polar surface area (TPSA) is 121 Å². The molecule has 2 unspecified atom stereocenters. The van der Waals surface area contributed by atoms with Gasteiger partial charge in [-0.1, -0.05) is 12.1 Å². The van der Waals surface area contributed by atoms with E-state index >= 15 is 0 Å². The third kappa shape index (κ3) is 13.4. The van der Waals surface area contributed by atoms with Crippen molar-refractivity contribution in [3.63, 3.8) is 0 Å². The van der Waals surface area contributed by atoms with E-state index in [1.807, 2.05) is 0 Å². The Morgan fingerprint density at radius 2 is 1.21 bits per heavy atom. The van der Waals surface area contributed by atoms with Crippen LogP contribution in [0.1, 0.15) is 0 Å².